The van der Waals surface area contributed by atoms with E-state index >= 15 is 0 Å². The van der Waals surface area contributed by atoms with E-state index in [-0.39, 0.29) is 22.3 Å². The van der Waals surface area contributed by atoms with Gasteiger partial charge in [0, 0.05) is 30.9 Å². The van der Waals surface area contributed by atoms with Crippen LogP contribution in [0.15, 0.2) is 53.6 Å². The van der Waals surface area contributed by atoms with E-state index in [1.165, 1.54) is 19.2 Å². The number of rotatable bonds is 10. The zero-order valence-electron chi connectivity index (χ0n) is 21.3. The first-order valence-electron chi connectivity index (χ1n) is 12.0. The Morgan fingerprint density at radius 3 is 2.65 bits per heavy atom. The Hall–Kier alpha value is -3.48. The lowest BCUT2D eigenvalue weighted by Crippen LogP contribution is -2.31. The van der Waals surface area contributed by atoms with Crippen LogP contribution in [0.5, 0.6) is 5.75 Å². The van der Waals surface area contributed by atoms with Crippen molar-refractivity contribution in [2.75, 3.05) is 56.4 Å². The fraction of sp³-hybridized carbons (Fsp3) is 0.360. The normalized spacial score (nSPS) is 15.7. The topological polar surface area (TPSA) is 112 Å². The first-order chi connectivity index (χ1) is 17.7. The van der Waals surface area contributed by atoms with Crippen LogP contribution >= 0.6 is 0 Å². The standard InChI is InChI=1S/C25H32FN7O3S/c1-5-36-22-14-17(33-13-12-18(16-33)32(3)4)10-11-20(22)30-25-28-15-19(26)24(31-25)29-21-8-6-7-9-23(21)37(34,35)27-2/h6-11,14-15,18,27H,5,12-13,16H2,1-4H3,(H2,28,29,30,31). The molecule has 0 bridgehead atoms. The van der Waals surface area contributed by atoms with Gasteiger partial charge in [-0.3, -0.25) is 0 Å². The van der Waals surface area contributed by atoms with Crippen molar-refractivity contribution in [3.63, 3.8) is 0 Å². The van der Waals surface area contributed by atoms with Gasteiger partial charge >= 0.3 is 0 Å². The summed E-state index contributed by atoms with van der Waals surface area (Å²) < 4.78 is 47.5. The summed E-state index contributed by atoms with van der Waals surface area (Å²) in [6.45, 7) is 4.27. The Labute approximate surface area is 216 Å². The monoisotopic (exact) mass is 529 g/mol. The molecule has 0 saturated carbocycles. The van der Waals surface area contributed by atoms with Crippen LogP contribution in [0, 0.1) is 5.82 Å². The molecule has 37 heavy (non-hydrogen) atoms. The molecule has 1 aliphatic heterocycles. The van der Waals surface area contributed by atoms with Crippen LogP contribution in [0.25, 0.3) is 0 Å². The van der Waals surface area contributed by atoms with E-state index in [0.717, 1.165) is 31.4 Å². The minimum Gasteiger partial charge on any atom is -0.492 e. The van der Waals surface area contributed by atoms with Gasteiger partial charge in [-0.05, 0) is 58.8 Å². The smallest absolute Gasteiger partial charge is 0.242 e. The van der Waals surface area contributed by atoms with E-state index in [0.29, 0.717) is 24.1 Å². The highest BCUT2D eigenvalue weighted by Crippen LogP contribution is 2.34. The molecule has 0 radical (unpaired) electrons. The maximum Gasteiger partial charge on any atom is 0.242 e. The number of sulfonamides is 1. The van der Waals surface area contributed by atoms with Crippen molar-refractivity contribution < 1.29 is 17.5 Å². The molecule has 2 heterocycles. The Morgan fingerprint density at radius 2 is 1.95 bits per heavy atom. The third kappa shape index (κ3) is 6.09. The number of para-hydroxylation sites is 1. The Bertz CT molecular complexity index is 1350. The molecule has 1 saturated heterocycles. The van der Waals surface area contributed by atoms with Crippen molar-refractivity contribution in [2.24, 2.45) is 0 Å². The summed E-state index contributed by atoms with van der Waals surface area (Å²) in [5.41, 5.74) is 1.87. The predicted molar refractivity (Wildman–Crippen MR) is 143 cm³/mol. The van der Waals surface area contributed by atoms with Crippen molar-refractivity contribution in [3.05, 3.63) is 54.5 Å². The minimum atomic E-state index is -3.77. The number of nitrogens with one attached hydrogen (secondary N) is 3. The molecule has 198 valence electrons. The zero-order valence-corrected chi connectivity index (χ0v) is 22.1. The van der Waals surface area contributed by atoms with Crippen molar-refractivity contribution in [1.82, 2.24) is 19.6 Å². The number of hydrogen-bond acceptors (Lipinski definition) is 9. The highest BCUT2D eigenvalue weighted by Gasteiger charge is 2.25. The van der Waals surface area contributed by atoms with E-state index in [9.17, 15) is 12.8 Å². The van der Waals surface area contributed by atoms with Crippen LogP contribution in [0.4, 0.5) is 33.2 Å². The fourth-order valence-electron chi connectivity index (χ4n) is 4.16. The van der Waals surface area contributed by atoms with Crippen LogP contribution in [-0.2, 0) is 10.0 Å². The predicted octanol–water partition coefficient (Wildman–Crippen LogP) is 3.55. The third-order valence-corrected chi connectivity index (χ3v) is 7.69. The summed E-state index contributed by atoms with van der Waals surface area (Å²) in [7, 11) is 1.73. The van der Waals surface area contributed by atoms with Gasteiger partial charge in [0.05, 0.1) is 24.2 Å². The molecule has 1 aromatic heterocycles. The van der Waals surface area contributed by atoms with Gasteiger partial charge in [-0.1, -0.05) is 12.1 Å². The summed E-state index contributed by atoms with van der Waals surface area (Å²) in [5.74, 6) is -0.147. The summed E-state index contributed by atoms with van der Waals surface area (Å²) in [6, 6.07) is 12.5. The minimum absolute atomic E-state index is 0.0299. The zero-order chi connectivity index (χ0) is 26.6. The highest BCUT2D eigenvalue weighted by atomic mass is 32.2. The maximum absolute atomic E-state index is 14.6. The van der Waals surface area contributed by atoms with Crippen LogP contribution in [-0.4, -0.2) is 70.2 Å². The number of likely N-dealkylation sites (N-methyl/N-ethyl adjacent to an activating group) is 1. The van der Waals surface area contributed by atoms with Crippen molar-refractivity contribution >= 4 is 38.9 Å². The summed E-state index contributed by atoms with van der Waals surface area (Å²) >= 11 is 0. The van der Waals surface area contributed by atoms with E-state index < -0.39 is 15.8 Å². The number of ether oxygens (including phenoxy) is 1. The van der Waals surface area contributed by atoms with Crippen LogP contribution in [0.1, 0.15) is 13.3 Å². The first-order valence-corrected chi connectivity index (χ1v) is 13.5. The second-order valence-electron chi connectivity index (χ2n) is 8.81. The van der Waals surface area contributed by atoms with E-state index in [1.54, 1.807) is 12.1 Å². The molecule has 1 unspecified atom stereocenters. The number of anilines is 5. The molecule has 1 aliphatic rings. The number of hydrogen-bond donors (Lipinski definition) is 3. The van der Waals surface area contributed by atoms with E-state index in [4.69, 9.17) is 4.74 Å². The average Bonchev–Trinajstić information content (AvgIpc) is 3.38. The van der Waals surface area contributed by atoms with Gasteiger partial charge in [0.1, 0.15) is 10.6 Å². The number of nitrogens with zero attached hydrogens (tertiary/aromatic N) is 4. The molecular weight excluding hydrogens is 497 g/mol. The highest BCUT2D eigenvalue weighted by molar-refractivity contribution is 7.89. The van der Waals surface area contributed by atoms with Gasteiger partial charge in [0.25, 0.3) is 0 Å². The van der Waals surface area contributed by atoms with Gasteiger partial charge in [-0.15, -0.1) is 0 Å². The summed E-state index contributed by atoms with van der Waals surface area (Å²) in [5, 5.41) is 5.88. The second kappa shape index (κ2) is 11.3. The summed E-state index contributed by atoms with van der Waals surface area (Å²) in [4.78, 5) is 12.8. The molecule has 2 aromatic carbocycles. The molecular formula is C25H32FN7O3S. The lowest BCUT2D eigenvalue weighted by atomic mass is 10.2. The van der Waals surface area contributed by atoms with Crippen LogP contribution in [0.2, 0.25) is 0 Å². The molecule has 3 aromatic rings. The lowest BCUT2D eigenvalue weighted by molar-refractivity contribution is 0.315. The molecule has 10 nitrogen and oxygen atoms in total. The van der Waals surface area contributed by atoms with E-state index in [1.807, 2.05) is 25.1 Å². The van der Waals surface area contributed by atoms with Crippen molar-refractivity contribution in [1.29, 1.82) is 0 Å². The quantitative estimate of drug-likeness (QED) is 0.363. The molecule has 12 heteroatoms. The molecule has 0 spiro atoms. The van der Waals surface area contributed by atoms with Gasteiger partial charge in [-0.25, -0.2) is 22.5 Å². The average molecular weight is 530 g/mol. The molecule has 4 rings (SSSR count). The van der Waals surface area contributed by atoms with Gasteiger partial charge < -0.3 is 25.2 Å². The Kier molecular flexibility index (Phi) is 8.10. The Morgan fingerprint density at radius 1 is 1.16 bits per heavy atom. The third-order valence-electron chi connectivity index (χ3n) is 6.21. The van der Waals surface area contributed by atoms with Crippen LogP contribution < -0.4 is 25.0 Å². The van der Waals surface area contributed by atoms with Crippen LogP contribution in [0.3, 0.4) is 0 Å². The maximum atomic E-state index is 14.6. The largest absolute Gasteiger partial charge is 0.492 e. The number of benzene rings is 2. The number of halogens is 1. The molecule has 0 aliphatic carbocycles. The second-order valence-corrected chi connectivity index (χ2v) is 10.7. The summed E-state index contributed by atoms with van der Waals surface area (Å²) in [6.07, 6.45) is 2.11. The fourth-order valence-corrected chi connectivity index (χ4v) is 5.05. The SMILES string of the molecule is CCOc1cc(N2CCC(N(C)C)C2)ccc1Nc1ncc(F)c(Nc2ccccc2S(=O)(=O)NC)n1. The van der Waals surface area contributed by atoms with Gasteiger partial charge in [0.2, 0.25) is 16.0 Å². The van der Waals surface area contributed by atoms with Gasteiger partial charge in [-0.2, -0.15) is 4.98 Å². The Balaban J connectivity index is 1.58. The molecule has 1 fully saturated rings. The van der Waals surface area contributed by atoms with E-state index in [2.05, 4.69) is 49.2 Å². The molecule has 0 amide bonds. The number of aromatic nitrogens is 2. The lowest BCUT2D eigenvalue weighted by Gasteiger charge is -2.23. The van der Waals surface area contributed by atoms with Crippen molar-refractivity contribution in [2.45, 2.75) is 24.3 Å². The molecule has 3 N–H and O–H groups in total. The van der Waals surface area contributed by atoms with Crippen molar-refractivity contribution in [3.8, 4) is 5.75 Å². The first kappa shape index (κ1) is 26.6. The molecule has 1 atom stereocenters. The van der Waals surface area contributed by atoms with Gasteiger partial charge in [0.15, 0.2) is 11.6 Å².